The predicted molar refractivity (Wildman–Crippen MR) is 81.6 cm³/mol. The van der Waals surface area contributed by atoms with Gasteiger partial charge < -0.3 is 10.1 Å². The molecule has 0 aliphatic rings. The Morgan fingerprint density at radius 2 is 1.68 bits per heavy atom. The fourth-order valence-electron chi connectivity index (χ4n) is 1.53. The quantitative estimate of drug-likeness (QED) is 0.584. The lowest BCUT2D eigenvalue weighted by Crippen LogP contribution is -1.91. The molecule has 0 aliphatic carbocycles. The second kappa shape index (κ2) is 7.94. The van der Waals surface area contributed by atoms with Crippen molar-refractivity contribution in [2.45, 2.75) is 0 Å². The lowest BCUT2D eigenvalue weighted by atomic mass is 10.2. The van der Waals surface area contributed by atoms with Crippen LogP contribution in [0.4, 0.5) is 17.1 Å². The second-order valence-electron chi connectivity index (χ2n) is 3.93. The van der Waals surface area contributed by atoms with Crippen molar-refractivity contribution in [3.63, 3.8) is 0 Å². The predicted octanol–water partition coefficient (Wildman–Crippen LogP) is 3.27. The number of nitrogens with one attached hydrogen (secondary N) is 1. The lowest BCUT2D eigenvalue weighted by molar-refractivity contribution is 0.381. The summed E-state index contributed by atoms with van der Waals surface area (Å²) in [6.07, 6.45) is 0. The number of nitrogens with zero attached hydrogens (tertiary/aromatic N) is 2. The van der Waals surface area contributed by atoms with Gasteiger partial charge in [-0.2, -0.15) is 8.42 Å². The van der Waals surface area contributed by atoms with E-state index < -0.39 is 10.4 Å². The molecule has 0 saturated carbocycles. The van der Waals surface area contributed by atoms with Gasteiger partial charge >= 0.3 is 16.1 Å². The average Bonchev–Trinajstić information content (AvgIpc) is 2.46. The van der Waals surface area contributed by atoms with Gasteiger partial charge in [-0.1, -0.05) is 18.2 Å². The van der Waals surface area contributed by atoms with Crippen LogP contribution in [0.25, 0.3) is 4.98 Å². The smallest absolute Gasteiger partial charge is 0.426 e. The van der Waals surface area contributed by atoms with Crippen molar-refractivity contribution in [2.75, 3.05) is 12.4 Å². The molecule has 0 radical (unpaired) electrons. The molecule has 0 amide bonds. The van der Waals surface area contributed by atoms with Crippen molar-refractivity contribution >= 4 is 27.5 Å². The van der Waals surface area contributed by atoms with Crippen molar-refractivity contribution in [1.29, 1.82) is 5.39 Å². The Bertz CT molecular complexity index is 749. The first-order valence-corrected chi connectivity index (χ1v) is 7.28. The Kier molecular flexibility index (Phi) is 6.27. The number of anilines is 2. The molecule has 0 spiro atoms. The summed E-state index contributed by atoms with van der Waals surface area (Å²) in [4.78, 5) is 3.14. The normalized spacial score (nSPS) is 9.91. The van der Waals surface area contributed by atoms with Crippen LogP contribution in [0, 0.1) is 5.39 Å². The van der Waals surface area contributed by atoms with Crippen LogP contribution in [0.2, 0.25) is 0 Å². The Hall–Kier alpha value is -2.67. The molecule has 0 unspecified atom stereocenters. The maximum absolute atomic E-state index is 8.75. The van der Waals surface area contributed by atoms with Crippen LogP contribution in [-0.4, -0.2) is 24.6 Å². The fraction of sp³-hybridized carbons (Fsp3) is 0.0769. The molecule has 0 atom stereocenters. The van der Waals surface area contributed by atoms with Crippen LogP contribution >= 0.6 is 0 Å². The number of para-hydroxylation sites is 1. The highest BCUT2D eigenvalue weighted by Gasteiger charge is 2.14. The zero-order chi connectivity index (χ0) is 16.6. The highest BCUT2D eigenvalue weighted by atomic mass is 32.3. The summed E-state index contributed by atoms with van der Waals surface area (Å²) in [7, 11) is -3.13. The number of hydrogen-bond acceptors (Lipinski definition) is 5. The van der Waals surface area contributed by atoms with Crippen LogP contribution in [-0.2, 0) is 10.4 Å². The molecular weight excluding hydrogens is 310 g/mol. The van der Waals surface area contributed by atoms with Gasteiger partial charge in [0.05, 0.1) is 7.11 Å². The zero-order valence-corrected chi connectivity index (χ0v) is 12.4. The molecule has 2 rings (SSSR count). The van der Waals surface area contributed by atoms with E-state index in [4.69, 9.17) is 27.7 Å². The summed E-state index contributed by atoms with van der Waals surface area (Å²) in [5.41, 5.74) is 2.27. The van der Waals surface area contributed by atoms with Gasteiger partial charge in [-0.05, 0) is 18.2 Å². The molecule has 8 nitrogen and oxygen atoms in total. The van der Waals surface area contributed by atoms with E-state index in [2.05, 4.69) is 10.3 Å². The summed E-state index contributed by atoms with van der Waals surface area (Å²) in [6.45, 7) is 0. The molecule has 0 aliphatic heterocycles. The Labute approximate surface area is 127 Å². The third kappa shape index (κ3) is 6.67. The minimum Gasteiger partial charge on any atom is -0.489 e. The Morgan fingerprint density at radius 3 is 2.18 bits per heavy atom. The lowest BCUT2D eigenvalue weighted by Gasteiger charge is -2.06. The molecule has 9 heteroatoms. The molecule has 22 heavy (non-hydrogen) atoms. The van der Waals surface area contributed by atoms with Crippen LogP contribution in [0.15, 0.2) is 48.5 Å². The van der Waals surface area contributed by atoms with Gasteiger partial charge in [0.15, 0.2) is 4.98 Å². The van der Waals surface area contributed by atoms with E-state index in [1.807, 2.05) is 36.4 Å². The first-order valence-electron chi connectivity index (χ1n) is 5.88. The monoisotopic (exact) mass is 324 g/mol. The molecular formula is C13H14N3O5S+. The van der Waals surface area contributed by atoms with Gasteiger partial charge in [0.2, 0.25) is 11.1 Å². The van der Waals surface area contributed by atoms with E-state index in [0.717, 1.165) is 11.4 Å². The summed E-state index contributed by atoms with van der Waals surface area (Å²) in [6, 6.07) is 15.1. The number of rotatable bonds is 3. The minimum absolute atomic E-state index is 0.408. The van der Waals surface area contributed by atoms with E-state index in [1.54, 1.807) is 12.1 Å². The van der Waals surface area contributed by atoms with Crippen molar-refractivity contribution in [1.82, 2.24) is 0 Å². The van der Waals surface area contributed by atoms with Gasteiger partial charge in [-0.15, -0.1) is 0 Å². The van der Waals surface area contributed by atoms with Gasteiger partial charge in [0.25, 0.3) is 0 Å². The molecule has 0 saturated heterocycles. The molecule has 2 aromatic carbocycles. The van der Waals surface area contributed by atoms with Crippen LogP contribution in [0.1, 0.15) is 0 Å². The molecule has 0 bridgehead atoms. The van der Waals surface area contributed by atoms with Crippen molar-refractivity contribution in [3.8, 4) is 5.75 Å². The number of benzene rings is 2. The van der Waals surface area contributed by atoms with Crippen molar-refractivity contribution in [2.24, 2.45) is 0 Å². The minimum atomic E-state index is -4.67. The van der Waals surface area contributed by atoms with Gasteiger partial charge in [0.1, 0.15) is 0 Å². The van der Waals surface area contributed by atoms with E-state index in [1.165, 1.54) is 7.11 Å². The third-order valence-corrected chi connectivity index (χ3v) is 2.35. The SMILES string of the molecule is COc1cc(Nc2ccccc2)ccc1[N+]#N.O=S(=O)(O)O. The number of hydrogen-bond donors (Lipinski definition) is 3. The van der Waals surface area contributed by atoms with Crippen LogP contribution < -0.4 is 10.1 Å². The maximum atomic E-state index is 8.75. The summed E-state index contributed by atoms with van der Waals surface area (Å²) >= 11 is 0. The first-order chi connectivity index (χ1) is 10.3. The first kappa shape index (κ1) is 17.4. The fourth-order valence-corrected chi connectivity index (χ4v) is 1.53. The van der Waals surface area contributed by atoms with E-state index >= 15 is 0 Å². The Balaban J connectivity index is 0.000000422. The maximum Gasteiger partial charge on any atom is 0.426 e. The van der Waals surface area contributed by atoms with Crippen molar-refractivity contribution in [3.05, 3.63) is 53.5 Å². The summed E-state index contributed by atoms with van der Waals surface area (Å²) < 4.78 is 36.7. The summed E-state index contributed by atoms with van der Waals surface area (Å²) in [5.74, 6) is 0.522. The van der Waals surface area contributed by atoms with E-state index in [9.17, 15) is 0 Å². The van der Waals surface area contributed by atoms with Crippen LogP contribution in [0.5, 0.6) is 5.75 Å². The third-order valence-electron chi connectivity index (χ3n) is 2.35. The molecule has 3 N–H and O–H groups in total. The van der Waals surface area contributed by atoms with Gasteiger partial charge in [-0.25, -0.2) is 0 Å². The van der Waals surface area contributed by atoms with E-state index in [-0.39, 0.29) is 0 Å². The molecule has 116 valence electrons. The molecule has 2 aromatic rings. The Morgan fingerprint density at radius 1 is 1.09 bits per heavy atom. The van der Waals surface area contributed by atoms with Crippen LogP contribution in [0.3, 0.4) is 0 Å². The zero-order valence-electron chi connectivity index (χ0n) is 11.5. The van der Waals surface area contributed by atoms with Crippen molar-refractivity contribution < 1.29 is 22.3 Å². The average molecular weight is 324 g/mol. The second-order valence-corrected chi connectivity index (χ2v) is 4.82. The van der Waals surface area contributed by atoms with Gasteiger partial charge in [-0.3, -0.25) is 9.11 Å². The number of ether oxygens (including phenoxy) is 1. The topological polar surface area (TPSA) is 124 Å². The molecule has 0 heterocycles. The highest BCUT2D eigenvalue weighted by molar-refractivity contribution is 7.79. The standard InChI is InChI=1S/C13H12N3O.H2O4S/c1-17-13-9-11(7-8-12(13)16-14)15-10-5-3-2-4-6-10;1-5(2,3)4/h2-9,15H,1H3;(H2,1,2,3,4)/q+1;. The number of methoxy groups -OCH3 is 1. The molecule has 0 aromatic heterocycles. The summed E-state index contributed by atoms with van der Waals surface area (Å²) in [5, 5.41) is 12.0. The number of diazo groups is 1. The largest absolute Gasteiger partial charge is 0.489 e. The highest BCUT2D eigenvalue weighted by Crippen LogP contribution is 2.31. The van der Waals surface area contributed by atoms with Gasteiger partial charge in [0, 0.05) is 23.5 Å². The molecule has 0 fully saturated rings. The van der Waals surface area contributed by atoms with E-state index in [0.29, 0.717) is 11.4 Å².